The molecule has 0 saturated heterocycles. The number of hydrogen-bond donors (Lipinski definition) is 2. The molecule has 4 nitrogen and oxygen atoms in total. The summed E-state index contributed by atoms with van der Waals surface area (Å²) in [6.07, 6.45) is 1.95. The first-order valence-corrected chi connectivity index (χ1v) is 5.29. The number of thioether (sulfide) groups is 1. The Labute approximate surface area is 85.3 Å². The third-order valence-electron chi connectivity index (χ3n) is 1.95. The molecular formula is C9H9N3OS. The molecule has 5 heteroatoms. The average Bonchev–Trinajstić information content (AvgIpc) is 2.27. The zero-order valence-electron chi connectivity index (χ0n) is 7.56. The molecular weight excluding hydrogens is 198 g/mol. The molecule has 2 rings (SSSR count). The topological polar surface area (TPSA) is 58.0 Å². The van der Waals surface area contributed by atoms with Gasteiger partial charge in [0.05, 0.1) is 0 Å². The zero-order valence-corrected chi connectivity index (χ0v) is 8.38. The predicted octanol–water partition coefficient (Wildman–Crippen LogP) is 2.15. The highest BCUT2D eigenvalue weighted by atomic mass is 32.2. The number of anilines is 1. The van der Waals surface area contributed by atoms with Gasteiger partial charge in [0.1, 0.15) is 5.03 Å². The summed E-state index contributed by atoms with van der Waals surface area (Å²) in [5.41, 5.74) is 2.04. The molecule has 1 heterocycles. The van der Waals surface area contributed by atoms with Crippen molar-refractivity contribution in [1.29, 1.82) is 0 Å². The third kappa shape index (κ3) is 1.40. The van der Waals surface area contributed by atoms with E-state index < -0.39 is 0 Å². The minimum Gasteiger partial charge on any atom is -0.290 e. The van der Waals surface area contributed by atoms with Crippen LogP contribution in [-0.2, 0) is 0 Å². The van der Waals surface area contributed by atoms with Gasteiger partial charge < -0.3 is 0 Å². The molecule has 0 bridgehead atoms. The van der Waals surface area contributed by atoms with Crippen LogP contribution in [0.1, 0.15) is 0 Å². The number of hydrogen-bond acceptors (Lipinski definition) is 5. The Bertz CT molecular complexity index is 418. The van der Waals surface area contributed by atoms with E-state index in [4.69, 9.17) is 5.21 Å². The molecule has 0 amide bonds. The maximum Gasteiger partial charge on any atom is 0.180 e. The number of aromatic nitrogens is 2. The van der Waals surface area contributed by atoms with Crippen molar-refractivity contribution in [3.05, 3.63) is 24.3 Å². The molecule has 0 aliphatic carbocycles. The smallest absolute Gasteiger partial charge is 0.180 e. The van der Waals surface area contributed by atoms with Gasteiger partial charge in [-0.05, 0) is 6.26 Å². The highest BCUT2D eigenvalue weighted by Gasteiger charge is 2.06. The second-order valence-electron chi connectivity index (χ2n) is 2.72. The molecule has 0 unspecified atom stereocenters. The lowest BCUT2D eigenvalue weighted by molar-refractivity contribution is 0.385. The van der Waals surface area contributed by atoms with Crippen LogP contribution in [-0.4, -0.2) is 21.7 Å². The lowest BCUT2D eigenvalue weighted by Gasteiger charge is -2.05. The van der Waals surface area contributed by atoms with Gasteiger partial charge in [-0.15, -0.1) is 22.0 Å². The first-order chi connectivity index (χ1) is 6.86. The molecule has 0 aliphatic rings. The molecule has 0 radical (unpaired) electrons. The summed E-state index contributed by atoms with van der Waals surface area (Å²) in [4.78, 5) is 0. The summed E-state index contributed by atoms with van der Waals surface area (Å²) in [5, 5.41) is 19.4. The lowest BCUT2D eigenvalue weighted by Crippen LogP contribution is -1.97. The van der Waals surface area contributed by atoms with Gasteiger partial charge in [0, 0.05) is 10.8 Å². The molecule has 0 saturated carbocycles. The number of nitrogens with zero attached hydrogens (tertiary/aromatic N) is 2. The van der Waals surface area contributed by atoms with Crippen molar-refractivity contribution in [3.63, 3.8) is 0 Å². The van der Waals surface area contributed by atoms with E-state index in [9.17, 15) is 0 Å². The monoisotopic (exact) mass is 207 g/mol. The van der Waals surface area contributed by atoms with Crippen LogP contribution in [0.25, 0.3) is 10.8 Å². The van der Waals surface area contributed by atoms with E-state index in [0.717, 1.165) is 15.8 Å². The fourth-order valence-electron chi connectivity index (χ4n) is 1.31. The van der Waals surface area contributed by atoms with Crippen LogP contribution >= 0.6 is 11.8 Å². The Morgan fingerprint density at radius 2 is 1.93 bits per heavy atom. The molecule has 0 atom stereocenters. The fourth-order valence-corrected chi connectivity index (χ4v) is 1.83. The molecule has 2 aromatic rings. The van der Waals surface area contributed by atoms with E-state index in [2.05, 4.69) is 10.2 Å². The largest absolute Gasteiger partial charge is 0.290 e. The van der Waals surface area contributed by atoms with Crippen molar-refractivity contribution in [1.82, 2.24) is 10.2 Å². The first kappa shape index (κ1) is 9.23. The summed E-state index contributed by atoms with van der Waals surface area (Å²) >= 11 is 1.53. The van der Waals surface area contributed by atoms with E-state index >= 15 is 0 Å². The second-order valence-corrected chi connectivity index (χ2v) is 3.51. The van der Waals surface area contributed by atoms with E-state index in [1.54, 1.807) is 0 Å². The van der Waals surface area contributed by atoms with Crippen LogP contribution in [0.5, 0.6) is 0 Å². The zero-order chi connectivity index (χ0) is 9.97. The van der Waals surface area contributed by atoms with Crippen LogP contribution < -0.4 is 5.48 Å². The van der Waals surface area contributed by atoms with Crippen molar-refractivity contribution in [2.45, 2.75) is 5.03 Å². The highest BCUT2D eigenvalue weighted by molar-refractivity contribution is 7.98. The van der Waals surface area contributed by atoms with Gasteiger partial charge in [-0.1, -0.05) is 24.3 Å². The minimum atomic E-state index is 0.387. The van der Waals surface area contributed by atoms with E-state index in [-0.39, 0.29) is 0 Å². The minimum absolute atomic E-state index is 0.387. The molecule has 0 fully saturated rings. The van der Waals surface area contributed by atoms with Crippen molar-refractivity contribution >= 4 is 28.4 Å². The molecule has 0 aliphatic heterocycles. The number of rotatable bonds is 2. The Kier molecular flexibility index (Phi) is 2.51. The highest BCUT2D eigenvalue weighted by Crippen LogP contribution is 2.26. The second kappa shape index (κ2) is 3.81. The van der Waals surface area contributed by atoms with Gasteiger partial charge in [-0.2, -0.15) is 0 Å². The van der Waals surface area contributed by atoms with Crippen LogP contribution in [0.15, 0.2) is 29.3 Å². The Morgan fingerprint density at radius 1 is 1.21 bits per heavy atom. The van der Waals surface area contributed by atoms with Crippen LogP contribution in [0.4, 0.5) is 5.82 Å². The summed E-state index contributed by atoms with van der Waals surface area (Å²) in [7, 11) is 0. The molecule has 14 heavy (non-hydrogen) atoms. The Hall–Kier alpha value is -1.33. The van der Waals surface area contributed by atoms with Gasteiger partial charge in [-0.3, -0.25) is 10.7 Å². The van der Waals surface area contributed by atoms with E-state index in [1.165, 1.54) is 11.8 Å². The van der Waals surface area contributed by atoms with Gasteiger partial charge in [-0.25, -0.2) is 0 Å². The van der Waals surface area contributed by atoms with Gasteiger partial charge in [0.15, 0.2) is 5.82 Å². The van der Waals surface area contributed by atoms with Gasteiger partial charge >= 0.3 is 0 Å². The van der Waals surface area contributed by atoms with Crippen LogP contribution in [0, 0.1) is 0 Å². The van der Waals surface area contributed by atoms with E-state index in [0.29, 0.717) is 5.82 Å². The molecule has 1 aromatic heterocycles. The van der Waals surface area contributed by atoms with E-state index in [1.807, 2.05) is 36.0 Å². The SMILES string of the molecule is CSc1nnc(NO)c2ccccc12. The molecule has 1 aromatic carbocycles. The third-order valence-corrected chi connectivity index (χ3v) is 2.64. The predicted molar refractivity (Wildman–Crippen MR) is 56.7 cm³/mol. The maximum atomic E-state index is 8.84. The number of fused-ring (bicyclic) bond motifs is 1. The van der Waals surface area contributed by atoms with Crippen LogP contribution in [0.2, 0.25) is 0 Å². The molecule has 72 valence electrons. The Morgan fingerprint density at radius 3 is 2.57 bits per heavy atom. The summed E-state index contributed by atoms with van der Waals surface area (Å²) in [6.45, 7) is 0. The summed E-state index contributed by atoms with van der Waals surface area (Å²) in [6, 6.07) is 7.68. The maximum absolute atomic E-state index is 8.84. The van der Waals surface area contributed by atoms with Crippen molar-refractivity contribution in [2.24, 2.45) is 0 Å². The molecule has 0 spiro atoms. The summed E-state index contributed by atoms with van der Waals surface area (Å²) in [5.74, 6) is 0.387. The van der Waals surface area contributed by atoms with Crippen molar-refractivity contribution in [3.8, 4) is 0 Å². The van der Waals surface area contributed by atoms with Crippen molar-refractivity contribution in [2.75, 3.05) is 11.7 Å². The lowest BCUT2D eigenvalue weighted by atomic mass is 10.2. The first-order valence-electron chi connectivity index (χ1n) is 4.06. The summed E-state index contributed by atoms with van der Waals surface area (Å²) < 4.78 is 0. The standard InChI is InChI=1S/C9H9N3OS/c1-14-9-7-5-3-2-4-6(7)8(12-13)10-11-9/h2-5,13H,1H3,(H,10,12). The average molecular weight is 207 g/mol. The van der Waals surface area contributed by atoms with Crippen LogP contribution in [0.3, 0.4) is 0 Å². The van der Waals surface area contributed by atoms with Gasteiger partial charge in [0.2, 0.25) is 0 Å². The number of nitrogens with one attached hydrogen (secondary N) is 1. The fraction of sp³-hybridized carbons (Fsp3) is 0.111. The van der Waals surface area contributed by atoms with Crippen molar-refractivity contribution < 1.29 is 5.21 Å². The Balaban J connectivity index is 2.78. The van der Waals surface area contributed by atoms with Gasteiger partial charge in [0.25, 0.3) is 0 Å². The number of benzene rings is 1. The normalized spacial score (nSPS) is 10.4. The quantitative estimate of drug-likeness (QED) is 0.583. The molecule has 2 N–H and O–H groups in total.